The SMILES string of the molecule is CCCC(CN)NS(=O)(=O)c1ccc(C#N)cc1. The molecule has 0 aliphatic carbocycles. The van der Waals surface area contributed by atoms with Gasteiger partial charge in [0, 0.05) is 12.6 Å². The van der Waals surface area contributed by atoms with Gasteiger partial charge in [0.15, 0.2) is 0 Å². The average Bonchev–Trinajstić information content (AvgIpc) is 2.38. The summed E-state index contributed by atoms with van der Waals surface area (Å²) in [5.41, 5.74) is 5.95. The molecule has 0 amide bonds. The molecule has 0 radical (unpaired) electrons. The van der Waals surface area contributed by atoms with E-state index < -0.39 is 10.0 Å². The molecule has 5 nitrogen and oxygen atoms in total. The molecule has 1 rings (SSSR count). The van der Waals surface area contributed by atoms with Gasteiger partial charge >= 0.3 is 0 Å². The zero-order chi connectivity index (χ0) is 13.6. The van der Waals surface area contributed by atoms with E-state index in [2.05, 4.69) is 4.72 Å². The minimum Gasteiger partial charge on any atom is -0.329 e. The van der Waals surface area contributed by atoms with E-state index in [1.807, 2.05) is 13.0 Å². The molecule has 1 atom stereocenters. The highest BCUT2D eigenvalue weighted by Crippen LogP contribution is 2.11. The van der Waals surface area contributed by atoms with Crippen molar-refractivity contribution in [2.45, 2.75) is 30.7 Å². The lowest BCUT2D eigenvalue weighted by Gasteiger charge is -2.16. The van der Waals surface area contributed by atoms with E-state index in [9.17, 15) is 8.42 Å². The van der Waals surface area contributed by atoms with Crippen LogP contribution in [0.4, 0.5) is 0 Å². The molecule has 0 aliphatic rings. The van der Waals surface area contributed by atoms with Gasteiger partial charge in [-0.3, -0.25) is 0 Å². The first-order valence-corrected chi connectivity index (χ1v) is 7.24. The molecule has 6 heteroatoms. The Labute approximate surface area is 108 Å². The summed E-state index contributed by atoms with van der Waals surface area (Å²) in [7, 11) is -3.56. The lowest BCUT2D eigenvalue weighted by Crippen LogP contribution is -2.39. The first-order chi connectivity index (χ1) is 8.53. The van der Waals surface area contributed by atoms with Gasteiger partial charge in [-0.1, -0.05) is 13.3 Å². The highest BCUT2D eigenvalue weighted by molar-refractivity contribution is 7.89. The van der Waals surface area contributed by atoms with Crippen LogP contribution in [-0.2, 0) is 10.0 Å². The van der Waals surface area contributed by atoms with Crippen LogP contribution in [0.1, 0.15) is 25.3 Å². The van der Waals surface area contributed by atoms with E-state index in [1.54, 1.807) is 0 Å². The maximum atomic E-state index is 12.0. The Morgan fingerprint density at radius 1 is 1.39 bits per heavy atom. The number of sulfonamides is 1. The van der Waals surface area contributed by atoms with E-state index in [1.165, 1.54) is 24.3 Å². The fourth-order valence-corrected chi connectivity index (χ4v) is 2.85. The summed E-state index contributed by atoms with van der Waals surface area (Å²) < 4.78 is 26.6. The van der Waals surface area contributed by atoms with Crippen LogP contribution in [0.3, 0.4) is 0 Å². The minimum absolute atomic E-state index is 0.149. The van der Waals surface area contributed by atoms with Crippen LogP contribution in [-0.4, -0.2) is 21.0 Å². The Hall–Kier alpha value is -1.42. The number of nitrogens with two attached hydrogens (primary N) is 1. The van der Waals surface area contributed by atoms with Gasteiger partial charge in [0.2, 0.25) is 10.0 Å². The molecule has 0 aromatic heterocycles. The van der Waals surface area contributed by atoms with Crippen molar-refractivity contribution in [3.63, 3.8) is 0 Å². The second kappa shape index (κ2) is 6.50. The van der Waals surface area contributed by atoms with Crippen molar-refractivity contribution in [1.29, 1.82) is 5.26 Å². The van der Waals surface area contributed by atoms with Crippen LogP contribution in [0.5, 0.6) is 0 Å². The van der Waals surface area contributed by atoms with Crippen molar-refractivity contribution < 1.29 is 8.42 Å². The molecule has 1 aromatic rings. The third-order valence-electron chi connectivity index (χ3n) is 2.54. The minimum atomic E-state index is -3.56. The lowest BCUT2D eigenvalue weighted by molar-refractivity contribution is 0.527. The second-order valence-corrected chi connectivity index (χ2v) is 5.69. The summed E-state index contributed by atoms with van der Waals surface area (Å²) in [6.07, 6.45) is 1.56. The smallest absolute Gasteiger partial charge is 0.240 e. The lowest BCUT2D eigenvalue weighted by atomic mass is 10.2. The third-order valence-corrected chi connectivity index (χ3v) is 4.07. The monoisotopic (exact) mass is 267 g/mol. The number of nitriles is 1. The highest BCUT2D eigenvalue weighted by atomic mass is 32.2. The summed E-state index contributed by atoms with van der Waals surface area (Å²) in [5.74, 6) is 0. The predicted molar refractivity (Wildman–Crippen MR) is 69.2 cm³/mol. The van der Waals surface area contributed by atoms with Crippen LogP contribution in [0, 0.1) is 11.3 Å². The van der Waals surface area contributed by atoms with E-state index in [0.29, 0.717) is 12.0 Å². The molecule has 0 saturated heterocycles. The molecule has 0 aliphatic heterocycles. The average molecular weight is 267 g/mol. The predicted octanol–water partition coefficient (Wildman–Crippen LogP) is 0.964. The maximum absolute atomic E-state index is 12.0. The molecule has 1 unspecified atom stereocenters. The molecule has 0 spiro atoms. The molecule has 1 aromatic carbocycles. The molecule has 0 heterocycles. The van der Waals surface area contributed by atoms with Crippen LogP contribution in [0.2, 0.25) is 0 Å². The van der Waals surface area contributed by atoms with Gasteiger partial charge in [-0.15, -0.1) is 0 Å². The molecule has 0 saturated carbocycles. The van der Waals surface area contributed by atoms with Crippen LogP contribution >= 0.6 is 0 Å². The van der Waals surface area contributed by atoms with E-state index >= 15 is 0 Å². The molecule has 18 heavy (non-hydrogen) atoms. The van der Waals surface area contributed by atoms with Gasteiger partial charge in [-0.05, 0) is 30.7 Å². The van der Waals surface area contributed by atoms with Gasteiger partial charge in [-0.2, -0.15) is 5.26 Å². The number of nitrogens with zero attached hydrogens (tertiary/aromatic N) is 1. The van der Waals surface area contributed by atoms with E-state index in [-0.39, 0.29) is 17.5 Å². The summed E-state index contributed by atoms with van der Waals surface area (Å²) in [6.45, 7) is 2.24. The summed E-state index contributed by atoms with van der Waals surface area (Å²) in [6, 6.07) is 7.48. The standard InChI is InChI=1S/C12H17N3O2S/c1-2-3-11(9-14)15-18(16,17)12-6-4-10(8-13)5-7-12/h4-7,11,15H,2-3,9,14H2,1H3. The number of hydrogen-bond donors (Lipinski definition) is 2. The molecular formula is C12H17N3O2S. The fourth-order valence-electron chi connectivity index (χ4n) is 1.57. The third kappa shape index (κ3) is 3.81. The molecule has 0 fully saturated rings. The van der Waals surface area contributed by atoms with Crippen molar-refractivity contribution in [3.05, 3.63) is 29.8 Å². The summed E-state index contributed by atoms with van der Waals surface area (Å²) >= 11 is 0. The fraction of sp³-hybridized carbons (Fsp3) is 0.417. The number of rotatable bonds is 6. The number of hydrogen-bond acceptors (Lipinski definition) is 4. The summed E-state index contributed by atoms with van der Waals surface area (Å²) in [4.78, 5) is 0.149. The van der Waals surface area contributed by atoms with Gasteiger partial charge in [-0.25, -0.2) is 13.1 Å². The molecule has 3 N–H and O–H groups in total. The van der Waals surface area contributed by atoms with Gasteiger partial charge in [0.05, 0.1) is 16.5 Å². The van der Waals surface area contributed by atoms with Crippen molar-refractivity contribution in [3.8, 4) is 6.07 Å². The summed E-state index contributed by atoms with van der Waals surface area (Å²) in [5, 5.41) is 8.65. The van der Waals surface area contributed by atoms with Crippen LogP contribution < -0.4 is 10.5 Å². The van der Waals surface area contributed by atoms with Crippen LogP contribution in [0.25, 0.3) is 0 Å². The van der Waals surface area contributed by atoms with Gasteiger partial charge in [0.1, 0.15) is 0 Å². The molecule has 0 bridgehead atoms. The van der Waals surface area contributed by atoms with Crippen molar-refractivity contribution >= 4 is 10.0 Å². The quantitative estimate of drug-likeness (QED) is 0.802. The van der Waals surface area contributed by atoms with Crippen molar-refractivity contribution in [2.75, 3.05) is 6.54 Å². The van der Waals surface area contributed by atoms with E-state index in [4.69, 9.17) is 11.0 Å². The van der Waals surface area contributed by atoms with Gasteiger partial charge in [0.25, 0.3) is 0 Å². The first kappa shape index (κ1) is 14.6. The Morgan fingerprint density at radius 2 is 2.00 bits per heavy atom. The maximum Gasteiger partial charge on any atom is 0.240 e. The largest absolute Gasteiger partial charge is 0.329 e. The van der Waals surface area contributed by atoms with Gasteiger partial charge < -0.3 is 5.73 Å². The van der Waals surface area contributed by atoms with E-state index in [0.717, 1.165) is 6.42 Å². The second-order valence-electron chi connectivity index (χ2n) is 3.98. The molecule has 98 valence electrons. The number of benzene rings is 1. The topological polar surface area (TPSA) is 96.0 Å². The zero-order valence-corrected chi connectivity index (χ0v) is 11.1. The Balaban J connectivity index is 2.88. The van der Waals surface area contributed by atoms with Crippen molar-refractivity contribution in [2.24, 2.45) is 5.73 Å². The highest BCUT2D eigenvalue weighted by Gasteiger charge is 2.18. The zero-order valence-electron chi connectivity index (χ0n) is 10.3. The van der Waals surface area contributed by atoms with Crippen molar-refractivity contribution in [1.82, 2.24) is 4.72 Å². The Bertz CT molecular complexity index is 517. The first-order valence-electron chi connectivity index (χ1n) is 5.76. The Morgan fingerprint density at radius 3 is 2.44 bits per heavy atom. The molecular weight excluding hydrogens is 250 g/mol. The Kier molecular flexibility index (Phi) is 5.28. The number of nitrogens with one attached hydrogen (secondary N) is 1. The van der Waals surface area contributed by atoms with Crippen LogP contribution in [0.15, 0.2) is 29.2 Å². The normalized spacial score (nSPS) is 12.9.